The highest BCUT2D eigenvalue weighted by atomic mass is 32.2. The molecule has 0 radical (unpaired) electrons. The number of hydrogen-bond donors (Lipinski definition) is 1. The van der Waals surface area contributed by atoms with E-state index < -0.39 is 21.7 Å². The molecule has 1 saturated heterocycles. The molecule has 3 rings (SSSR count). The summed E-state index contributed by atoms with van der Waals surface area (Å²) < 4.78 is 41.7. The average Bonchev–Trinajstić information content (AvgIpc) is 2.67. The van der Waals surface area contributed by atoms with Gasteiger partial charge < -0.3 is 4.90 Å². The second kappa shape index (κ2) is 9.24. The second-order valence-corrected chi connectivity index (χ2v) is 9.70. The Morgan fingerprint density at radius 1 is 1.17 bits per heavy atom. The number of amides is 1. The number of sulfonamides is 1. The highest BCUT2D eigenvalue weighted by molar-refractivity contribution is 7.89. The molecular weight excluding hydrogens is 405 g/mol. The molecule has 2 aromatic carbocycles. The molecule has 6 nitrogen and oxygen atoms in total. The predicted molar refractivity (Wildman–Crippen MR) is 114 cm³/mol. The van der Waals surface area contributed by atoms with Crippen molar-refractivity contribution in [1.29, 1.82) is 0 Å². The molecule has 1 amide bonds. The largest absolute Gasteiger partial charge is 0.333 e. The average molecular weight is 434 g/mol. The summed E-state index contributed by atoms with van der Waals surface area (Å²) in [5, 5.41) is 0. The Kier molecular flexibility index (Phi) is 6.90. The summed E-state index contributed by atoms with van der Waals surface area (Å²) in [6.45, 7) is 7.89. The number of carbonyl (C=O) groups is 1. The minimum Gasteiger partial charge on any atom is -0.333 e. The topological polar surface area (TPSA) is 69.7 Å². The smallest absolute Gasteiger partial charge is 0.257 e. The van der Waals surface area contributed by atoms with E-state index in [1.165, 1.54) is 11.6 Å². The van der Waals surface area contributed by atoms with Crippen LogP contribution >= 0.6 is 0 Å². The van der Waals surface area contributed by atoms with Crippen molar-refractivity contribution in [2.75, 3.05) is 19.6 Å². The van der Waals surface area contributed by atoms with E-state index in [0.29, 0.717) is 19.6 Å². The van der Waals surface area contributed by atoms with Gasteiger partial charge in [0.1, 0.15) is 5.82 Å². The van der Waals surface area contributed by atoms with Gasteiger partial charge in [0.05, 0.1) is 10.5 Å². The van der Waals surface area contributed by atoms with E-state index in [0.717, 1.165) is 18.7 Å². The summed E-state index contributed by atoms with van der Waals surface area (Å²) in [4.78, 5) is 16.8. The van der Waals surface area contributed by atoms with Crippen LogP contribution in [0.5, 0.6) is 0 Å². The molecular formula is C22H28FN3O3S. The lowest BCUT2D eigenvalue weighted by Crippen LogP contribution is -2.53. The number of halogens is 1. The third-order valence-electron chi connectivity index (χ3n) is 5.09. The Morgan fingerprint density at radius 3 is 2.50 bits per heavy atom. The quantitative estimate of drug-likeness (QED) is 0.761. The van der Waals surface area contributed by atoms with Crippen molar-refractivity contribution in [3.8, 4) is 0 Å². The molecule has 0 spiro atoms. The number of hydrogen-bond acceptors (Lipinski definition) is 4. The zero-order valence-electron chi connectivity index (χ0n) is 17.5. The van der Waals surface area contributed by atoms with Gasteiger partial charge in [0.25, 0.3) is 5.91 Å². The number of benzene rings is 2. The monoisotopic (exact) mass is 433 g/mol. The van der Waals surface area contributed by atoms with Crippen molar-refractivity contribution in [1.82, 2.24) is 14.5 Å². The van der Waals surface area contributed by atoms with Gasteiger partial charge in [-0.3, -0.25) is 9.69 Å². The van der Waals surface area contributed by atoms with Crippen LogP contribution in [0, 0.1) is 5.82 Å². The van der Waals surface area contributed by atoms with Crippen LogP contribution < -0.4 is 4.72 Å². The number of carbonyl (C=O) groups excluding carboxylic acids is 1. The van der Waals surface area contributed by atoms with Crippen LogP contribution in [0.1, 0.15) is 36.7 Å². The fourth-order valence-electron chi connectivity index (χ4n) is 3.69. The Labute approximate surface area is 177 Å². The van der Waals surface area contributed by atoms with Gasteiger partial charge in [-0.05, 0) is 44.5 Å². The van der Waals surface area contributed by atoms with Crippen LogP contribution in [0.25, 0.3) is 0 Å². The molecule has 0 aromatic heterocycles. The number of piperazine rings is 1. The zero-order valence-corrected chi connectivity index (χ0v) is 18.3. The Bertz CT molecular complexity index is 996. The van der Waals surface area contributed by atoms with Gasteiger partial charge in [-0.15, -0.1) is 0 Å². The lowest BCUT2D eigenvalue weighted by Gasteiger charge is -2.40. The fraction of sp³-hybridized carbons (Fsp3) is 0.409. The summed E-state index contributed by atoms with van der Waals surface area (Å²) in [5.41, 5.74) is 0.982. The maximum atomic E-state index is 14.4. The van der Waals surface area contributed by atoms with E-state index in [2.05, 4.69) is 21.8 Å². The van der Waals surface area contributed by atoms with Gasteiger partial charge in [0.2, 0.25) is 10.0 Å². The van der Waals surface area contributed by atoms with Crippen LogP contribution in [0.15, 0.2) is 53.4 Å². The van der Waals surface area contributed by atoms with E-state index in [1.807, 2.05) is 25.1 Å². The molecule has 30 heavy (non-hydrogen) atoms. The van der Waals surface area contributed by atoms with Crippen molar-refractivity contribution < 1.29 is 17.6 Å². The van der Waals surface area contributed by atoms with Gasteiger partial charge in [-0.2, -0.15) is 0 Å². The van der Waals surface area contributed by atoms with Crippen LogP contribution in [-0.2, 0) is 16.6 Å². The molecule has 1 aliphatic rings. The van der Waals surface area contributed by atoms with Crippen molar-refractivity contribution in [3.05, 3.63) is 65.5 Å². The van der Waals surface area contributed by atoms with Crippen LogP contribution in [0.2, 0.25) is 0 Å². The third kappa shape index (κ3) is 5.24. The first-order valence-corrected chi connectivity index (χ1v) is 11.5. The van der Waals surface area contributed by atoms with Crippen LogP contribution in [-0.4, -0.2) is 55.8 Å². The summed E-state index contributed by atoms with van der Waals surface area (Å²) in [6.07, 6.45) is 0. The van der Waals surface area contributed by atoms with Gasteiger partial charge in [0.15, 0.2) is 0 Å². The molecule has 162 valence electrons. The van der Waals surface area contributed by atoms with E-state index in [-0.39, 0.29) is 22.5 Å². The summed E-state index contributed by atoms with van der Waals surface area (Å²) in [5.74, 6) is -1.21. The molecule has 2 aromatic rings. The second-order valence-electron chi connectivity index (χ2n) is 7.99. The minimum atomic E-state index is -3.82. The molecule has 1 aliphatic heterocycles. The standard InChI is InChI=1S/C22H28FN3O3S/c1-16(2)24-30(28,29)19-9-10-21(23)20(13-19)22(27)26-12-11-25(14-17(26)3)15-18-7-5-4-6-8-18/h4-10,13,16-17,24H,11-12,14-15H2,1-3H3/t17-/m1/s1. The van der Waals surface area contributed by atoms with E-state index in [9.17, 15) is 17.6 Å². The van der Waals surface area contributed by atoms with Gasteiger partial charge in [0, 0.05) is 38.3 Å². The van der Waals surface area contributed by atoms with E-state index in [1.54, 1.807) is 18.7 Å². The maximum Gasteiger partial charge on any atom is 0.257 e. The maximum absolute atomic E-state index is 14.4. The number of rotatable bonds is 6. The highest BCUT2D eigenvalue weighted by Crippen LogP contribution is 2.21. The van der Waals surface area contributed by atoms with E-state index >= 15 is 0 Å². The van der Waals surface area contributed by atoms with Gasteiger partial charge in [-0.25, -0.2) is 17.5 Å². The molecule has 1 heterocycles. The molecule has 1 atom stereocenters. The highest BCUT2D eigenvalue weighted by Gasteiger charge is 2.30. The van der Waals surface area contributed by atoms with Crippen molar-refractivity contribution in [3.63, 3.8) is 0 Å². The minimum absolute atomic E-state index is 0.115. The van der Waals surface area contributed by atoms with Crippen LogP contribution in [0.3, 0.4) is 0 Å². The number of nitrogens with one attached hydrogen (secondary N) is 1. The number of nitrogens with zero attached hydrogens (tertiary/aromatic N) is 2. The fourth-order valence-corrected chi connectivity index (χ4v) is 4.97. The lowest BCUT2D eigenvalue weighted by molar-refractivity contribution is 0.0471. The third-order valence-corrected chi connectivity index (χ3v) is 6.75. The van der Waals surface area contributed by atoms with Crippen molar-refractivity contribution >= 4 is 15.9 Å². The lowest BCUT2D eigenvalue weighted by atomic mass is 10.1. The van der Waals surface area contributed by atoms with Crippen molar-refractivity contribution in [2.45, 2.75) is 44.3 Å². The Balaban J connectivity index is 1.74. The molecule has 8 heteroatoms. The summed E-state index contributed by atoms with van der Waals surface area (Å²) >= 11 is 0. The van der Waals surface area contributed by atoms with Gasteiger partial charge >= 0.3 is 0 Å². The molecule has 1 fully saturated rings. The molecule has 1 N–H and O–H groups in total. The van der Waals surface area contributed by atoms with Gasteiger partial charge in [-0.1, -0.05) is 30.3 Å². The first-order valence-electron chi connectivity index (χ1n) is 10.1. The first-order chi connectivity index (χ1) is 14.2. The van der Waals surface area contributed by atoms with Crippen LogP contribution in [0.4, 0.5) is 4.39 Å². The van der Waals surface area contributed by atoms with E-state index in [4.69, 9.17) is 0 Å². The summed E-state index contributed by atoms with van der Waals surface area (Å²) in [6, 6.07) is 13.0. The zero-order chi connectivity index (χ0) is 21.9. The molecule has 0 bridgehead atoms. The van der Waals surface area contributed by atoms with Crippen molar-refractivity contribution in [2.24, 2.45) is 0 Å². The molecule has 0 unspecified atom stereocenters. The first kappa shape index (κ1) is 22.4. The molecule has 0 aliphatic carbocycles. The SMILES string of the molecule is CC(C)NS(=O)(=O)c1ccc(F)c(C(=O)N2CCN(Cc3ccccc3)C[C@H]2C)c1. The Morgan fingerprint density at radius 2 is 1.87 bits per heavy atom. The predicted octanol–water partition coefficient (Wildman–Crippen LogP) is 2.86. The molecule has 0 saturated carbocycles. The normalized spacial score (nSPS) is 18.0. The summed E-state index contributed by atoms with van der Waals surface area (Å²) in [7, 11) is -3.82. The Hall–Kier alpha value is -2.29.